The molecule has 0 saturated carbocycles. The molecule has 0 bridgehead atoms. The number of rotatable bonds is 6. The van der Waals surface area contributed by atoms with Crippen molar-refractivity contribution in [2.45, 2.75) is 25.8 Å². The van der Waals surface area contributed by atoms with Crippen LogP contribution in [0.3, 0.4) is 0 Å². The van der Waals surface area contributed by atoms with E-state index in [4.69, 9.17) is 9.47 Å². The molecule has 2 aromatic heterocycles. The van der Waals surface area contributed by atoms with Crippen LogP contribution in [-0.2, 0) is 6.42 Å². The molecule has 0 saturated heterocycles. The van der Waals surface area contributed by atoms with Gasteiger partial charge >= 0.3 is 0 Å². The Labute approximate surface area is 179 Å². The minimum atomic E-state index is -0.175. The fraction of sp³-hybridized carbons (Fsp3) is 0.208. The lowest BCUT2D eigenvalue weighted by Crippen LogP contribution is -2.32. The highest BCUT2D eigenvalue weighted by Gasteiger charge is 2.19. The number of aromatic nitrogens is 3. The predicted molar refractivity (Wildman–Crippen MR) is 116 cm³/mol. The minimum absolute atomic E-state index is 0.0275. The number of carbonyl (C=O) groups is 1. The van der Waals surface area contributed by atoms with Crippen molar-refractivity contribution in [1.82, 2.24) is 19.9 Å². The van der Waals surface area contributed by atoms with Crippen LogP contribution in [0.2, 0.25) is 0 Å². The zero-order valence-electron chi connectivity index (χ0n) is 17.1. The molecule has 0 unspecified atom stereocenters. The normalized spacial score (nSPS) is 13.3. The van der Waals surface area contributed by atoms with Gasteiger partial charge in [0.25, 0.3) is 5.91 Å². The van der Waals surface area contributed by atoms with Crippen LogP contribution in [0.1, 0.15) is 29.3 Å². The number of aryl methyl sites for hydroxylation is 1. The molecule has 4 aromatic rings. The van der Waals surface area contributed by atoms with E-state index in [0.717, 1.165) is 29.8 Å². The third-order valence-corrected chi connectivity index (χ3v) is 5.40. The Hall–Kier alpha value is -3.87. The zero-order chi connectivity index (χ0) is 21.2. The molecule has 3 heterocycles. The molecule has 156 valence electrons. The molecule has 0 fully saturated rings. The molecule has 2 aromatic carbocycles. The van der Waals surface area contributed by atoms with Crippen LogP contribution in [0.4, 0.5) is 0 Å². The molecule has 1 aliphatic heterocycles. The fourth-order valence-corrected chi connectivity index (χ4v) is 3.73. The first-order valence-electron chi connectivity index (χ1n) is 10.3. The number of carbonyl (C=O) groups excluding carboxylic acids is 1. The smallest absolute Gasteiger partial charge is 0.256 e. The summed E-state index contributed by atoms with van der Waals surface area (Å²) in [7, 11) is 0. The Morgan fingerprint density at radius 1 is 1.13 bits per heavy atom. The van der Waals surface area contributed by atoms with Gasteiger partial charge in [-0.25, -0.2) is 9.50 Å². The lowest BCUT2D eigenvalue weighted by Gasteiger charge is -2.13. The van der Waals surface area contributed by atoms with Gasteiger partial charge in [-0.15, -0.1) is 0 Å². The van der Waals surface area contributed by atoms with Gasteiger partial charge in [-0.05, 0) is 49.6 Å². The van der Waals surface area contributed by atoms with Gasteiger partial charge in [0.15, 0.2) is 17.1 Å². The van der Waals surface area contributed by atoms with Crippen LogP contribution in [0.25, 0.3) is 16.9 Å². The number of hydrogen-bond donors (Lipinski definition) is 1. The molecule has 31 heavy (non-hydrogen) atoms. The number of nitrogens with zero attached hydrogens (tertiary/aromatic N) is 3. The minimum Gasteiger partial charge on any atom is -0.454 e. The average Bonchev–Trinajstić information content (AvgIpc) is 3.44. The van der Waals surface area contributed by atoms with Crippen LogP contribution >= 0.6 is 0 Å². The first-order chi connectivity index (χ1) is 15.2. The Bertz CT molecular complexity index is 1240. The Balaban J connectivity index is 1.35. The molecule has 0 spiro atoms. The van der Waals surface area contributed by atoms with Crippen molar-refractivity contribution in [2.24, 2.45) is 0 Å². The maximum atomic E-state index is 12.9. The molecule has 1 N–H and O–H groups in total. The average molecular weight is 414 g/mol. The van der Waals surface area contributed by atoms with Gasteiger partial charge in [-0.1, -0.05) is 30.3 Å². The van der Waals surface area contributed by atoms with Gasteiger partial charge in [0.1, 0.15) is 5.56 Å². The summed E-state index contributed by atoms with van der Waals surface area (Å²) in [6.07, 6.45) is 5.01. The first-order valence-corrected chi connectivity index (χ1v) is 10.3. The van der Waals surface area contributed by atoms with Crippen molar-refractivity contribution in [2.75, 3.05) is 6.79 Å². The second-order valence-corrected chi connectivity index (χ2v) is 7.59. The summed E-state index contributed by atoms with van der Waals surface area (Å²) >= 11 is 0. The van der Waals surface area contributed by atoms with E-state index in [0.29, 0.717) is 17.0 Å². The van der Waals surface area contributed by atoms with Gasteiger partial charge in [-0.2, -0.15) is 5.10 Å². The molecule has 7 nitrogen and oxygen atoms in total. The van der Waals surface area contributed by atoms with Gasteiger partial charge in [0, 0.05) is 17.8 Å². The number of ether oxygens (including phenoxy) is 2. The molecule has 1 amide bonds. The summed E-state index contributed by atoms with van der Waals surface area (Å²) in [6.45, 7) is 2.23. The van der Waals surface area contributed by atoms with E-state index < -0.39 is 0 Å². The highest BCUT2D eigenvalue weighted by molar-refractivity contribution is 6.00. The molecule has 0 radical (unpaired) electrons. The topological polar surface area (TPSA) is 77.8 Å². The standard InChI is InChI=1S/C24H22N4O3/c1-16(7-8-17-5-3-2-4-6-17)27-24(29)19-14-26-28-20(11-12-25-23(19)28)18-9-10-21-22(13-18)31-15-30-21/h2-6,9-14,16H,7-8,15H2,1H3,(H,27,29)/t16-/m0/s1. The van der Waals surface area contributed by atoms with Crippen LogP contribution in [0.5, 0.6) is 11.5 Å². The number of fused-ring (bicyclic) bond motifs is 2. The Morgan fingerprint density at radius 2 is 1.97 bits per heavy atom. The molecule has 5 rings (SSSR count). The number of hydrogen-bond acceptors (Lipinski definition) is 5. The fourth-order valence-electron chi connectivity index (χ4n) is 3.73. The summed E-state index contributed by atoms with van der Waals surface area (Å²) in [4.78, 5) is 17.3. The monoisotopic (exact) mass is 414 g/mol. The number of amides is 1. The highest BCUT2D eigenvalue weighted by Crippen LogP contribution is 2.35. The number of nitrogens with one attached hydrogen (secondary N) is 1. The quantitative estimate of drug-likeness (QED) is 0.518. The third-order valence-electron chi connectivity index (χ3n) is 5.40. The summed E-state index contributed by atoms with van der Waals surface area (Å²) in [5.74, 6) is 1.24. The van der Waals surface area contributed by atoms with Crippen LogP contribution in [0, 0.1) is 0 Å². The number of benzene rings is 2. The van der Waals surface area contributed by atoms with Gasteiger partial charge < -0.3 is 14.8 Å². The van der Waals surface area contributed by atoms with Crippen molar-refractivity contribution < 1.29 is 14.3 Å². The Kier molecular flexibility index (Phi) is 5.00. The van der Waals surface area contributed by atoms with Crippen LogP contribution in [-0.4, -0.2) is 33.3 Å². The molecule has 1 aliphatic rings. The van der Waals surface area contributed by atoms with Gasteiger partial charge in [-0.3, -0.25) is 4.79 Å². The SMILES string of the molecule is C[C@@H](CCc1ccccc1)NC(=O)c1cnn2c(-c3ccc4c(c3)OCO4)ccnc12. The van der Waals surface area contributed by atoms with Crippen LogP contribution in [0.15, 0.2) is 67.0 Å². The first kappa shape index (κ1) is 19.1. The maximum absolute atomic E-state index is 12.9. The van der Waals surface area contributed by atoms with E-state index in [1.807, 2.05) is 49.4 Å². The zero-order valence-corrected chi connectivity index (χ0v) is 17.1. The van der Waals surface area contributed by atoms with E-state index >= 15 is 0 Å². The van der Waals surface area contributed by atoms with Gasteiger partial charge in [0.05, 0.1) is 11.9 Å². The van der Waals surface area contributed by atoms with Crippen molar-refractivity contribution >= 4 is 11.6 Å². The van der Waals surface area contributed by atoms with Crippen molar-refractivity contribution in [3.8, 4) is 22.8 Å². The maximum Gasteiger partial charge on any atom is 0.256 e. The van der Waals surface area contributed by atoms with E-state index in [1.165, 1.54) is 5.56 Å². The second kappa shape index (κ2) is 8.10. The Morgan fingerprint density at radius 3 is 2.84 bits per heavy atom. The summed E-state index contributed by atoms with van der Waals surface area (Å²) in [5, 5.41) is 7.50. The van der Waals surface area contributed by atoms with Crippen molar-refractivity contribution in [3.05, 3.63) is 78.1 Å². The van der Waals surface area contributed by atoms with E-state index in [-0.39, 0.29) is 18.7 Å². The van der Waals surface area contributed by atoms with Crippen molar-refractivity contribution in [3.63, 3.8) is 0 Å². The largest absolute Gasteiger partial charge is 0.454 e. The molecular weight excluding hydrogens is 392 g/mol. The van der Waals surface area contributed by atoms with E-state index in [9.17, 15) is 4.79 Å². The van der Waals surface area contributed by atoms with E-state index in [1.54, 1.807) is 16.9 Å². The third kappa shape index (κ3) is 3.82. The second-order valence-electron chi connectivity index (χ2n) is 7.59. The summed E-state index contributed by atoms with van der Waals surface area (Å²) in [5.41, 5.74) is 3.95. The molecule has 1 atom stereocenters. The highest BCUT2D eigenvalue weighted by atomic mass is 16.7. The van der Waals surface area contributed by atoms with Gasteiger partial charge in [0.2, 0.25) is 6.79 Å². The van der Waals surface area contributed by atoms with Crippen molar-refractivity contribution in [1.29, 1.82) is 0 Å². The predicted octanol–water partition coefficient (Wildman–Crippen LogP) is 3.88. The summed E-state index contributed by atoms with van der Waals surface area (Å²) < 4.78 is 12.6. The molecular formula is C24H22N4O3. The van der Waals surface area contributed by atoms with E-state index in [2.05, 4.69) is 27.5 Å². The lowest BCUT2D eigenvalue weighted by atomic mass is 10.1. The molecule has 0 aliphatic carbocycles. The molecule has 7 heteroatoms. The summed E-state index contributed by atoms with van der Waals surface area (Å²) in [6, 6.07) is 17.9. The lowest BCUT2D eigenvalue weighted by molar-refractivity contribution is 0.0940. The van der Waals surface area contributed by atoms with Crippen LogP contribution < -0.4 is 14.8 Å².